The summed E-state index contributed by atoms with van der Waals surface area (Å²) in [4.78, 5) is 24.0. The van der Waals surface area contributed by atoms with Crippen LogP contribution in [0.25, 0.3) is 10.9 Å². The average Bonchev–Trinajstić information content (AvgIpc) is 3.48. The van der Waals surface area contributed by atoms with E-state index in [2.05, 4.69) is 40.0 Å². The van der Waals surface area contributed by atoms with Gasteiger partial charge in [-0.15, -0.1) is 0 Å². The van der Waals surface area contributed by atoms with Gasteiger partial charge in [-0.05, 0) is 36.8 Å². The Morgan fingerprint density at radius 3 is 2.74 bits per heavy atom. The van der Waals surface area contributed by atoms with Crippen LogP contribution in [0, 0.1) is 11.8 Å². The minimum Gasteiger partial charge on any atom is -0.342 e. The number of aromatic nitrogens is 1. The Hall–Kier alpha value is -2.27. The van der Waals surface area contributed by atoms with Gasteiger partial charge in [-0.2, -0.15) is 0 Å². The molecule has 1 saturated heterocycles. The summed E-state index contributed by atoms with van der Waals surface area (Å²) in [5.74, 6) is 1.30. The number of nitrogens with two attached hydrogens (primary N) is 1. The largest absolute Gasteiger partial charge is 0.342 e. The summed E-state index contributed by atoms with van der Waals surface area (Å²) in [6.07, 6.45) is 4.66. The van der Waals surface area contributed by atoms with Crippen LogP contribution in [-0.2, 0) is 4.79 Å². The van der Waals surface area contributed by atoms with Crippen molar-refractivity contribution in [3.63, 3.8) is 0 Å². The van der Waals surface area contributed by atoms with Gasteiger partial charge in [0, 0.05) is 48.1 Å². The molecule has 3 heterocycles. The normalized spacial score (nSPS) is 30.0. The molecule has 140 valence electrons. The first kappa shape index (κ1) is 16.9. The number of likely N-dealkylation sites (tertiary alicyclic amines) is 1. The number of carbonyl (C=O) groups is 1. The SMILES string of the molecule is C[C@@H]1C[C@@H](c2ccc(C3=NC3)c3ncccc23)CN(C(=O)C2CC(N)C2)C1. The second kappa shape index (κ2) is 6.41. The van der Waals surface area contributed by atoms with Gasteiger partial charge < -0.3 is 10.6 Å². The zero-order valence-corrected chi connectivity index (χ0v) is 15.8. The van der Waals surface area contributed by atoms with Crippen molar-refractivity contribution < 1.29 is 4.79 Å². The quantitative estimate of drug-likeness (QED) is 0.912. The van der Waals surface area contributed by atoms with E-state index < -0.39 is 0 Å². The fourth-order valence-electron chi connectivity index (χ4n) is 4.87. The maximum atomic E-state index is 12.9. The van der Waals surface area contributed by atoms with Crippen molar-refractivity contribution >= 4 is 22.5 Å². The number of carbonyl (C=O) groups excluding carboxylic acids is 1. The lowest BCUT2D eigenvalue weighted by atomic mass is 9.78. The molecule has 2 aliphatic heterocycles. The number of benzene rings is 1. The molecular formula is C22H26N4O. The minimum absolute atomic E-state index is 0.139. The number of amides is 1. The molecule has 1 saturated carbocycles. The first-order valence-electron chi connectivity index (χ1n) is 10.1. The highest BCUT2D eigenvalue weighted by atomic mass is 16.2. The second-order valence-electron chi connectivity index (χ2n) is 8.57. The van der Waals surface area contributed by atoms with Gasteiger partial charge in [-0.3, -0.25) is 14.8 Å². The Balaban J connectivity index is 1.46. The van der Waals surface area contributed by atoms with E-state index in [0.29, 0.717) is 17.7 Å². The molecule has 2 N–H and O–H groups in total. The third-order valence-electron chi connectivity index (χ3n) is 6.37. The molecule has 3 aliphatic rings. The predicted molar refractivity (Wildman–Crippen MR) is 107 cm³/mol. The summed E-state index contributed by atoms with van der Waals surface area (Å²) < 4.78 is 0. The van der Waals surface area contributed by atoms with Gasteiger partial charge in [0.15, 0.2) is 0 Å². The number of piperidine rings is 1. The molecule has 0 spiro atoms. The van der Waals surface area contributed by atoms with Gasteiger partial charge in [-0.1, -0.05) is 25.1 Å². The van der Waals surface area contributed by atoms with Crippen LogP contribution in [-0.4, -0.2) is 47.2 Å². The summed E-state index contributed by atoms with van der Waals surface area (Å²) >= 11 is 0. The Bertz CT molecular complexity index is 931. The second-order valence-corrected chi connectivity index (χ2v) is 8.57. The Morgan fingerprint density at radius 2 is 2.00 bits per heavy atom. The minimum atomic E-state index is 0.139. The van der Waals surface area contributed by atoms with E-state index in [4.69, 9.17) is 5.73 Å². The number of hydrogen-bond donors (Lipinski definition) is 1. The first-order valence-corrected chi connectivity index (χ1v) is 10.1. The van der Waals surface area contributed by atoms with Crippen molar-refractivity contribution in [2.45, 2.75) is 38.1 Å². The zero-order chi connectivity index (χ0) is 18.5. The lowest BCUT2D eigenvalue weighted by Gasteiger charge is -2.41. The molecule has 5 nitrogen and oxygen atoms in total. The van der Waals surface area contributed by atoms with Gasteiger partial charge in [0.05, 0.1) is 17.8 Å². The number of hydrogen-bond acceptors (Lipinski definition) is 4. The number of nitrogens with zero attached hydrogens (tertiary/aromatic N) is 3. The van der Waals surface area contributed by atoms with Crippen molar-refractivity contribution in [1.82, 2.24) is 9.88 Å². The molecule has 2 aromatic rings. The molecule has 5 heteroatoms. The molecule has 0 radical (unpaired) electrons. The molecule has 5 rings (SSSR count). The summed E-state index contributed by atoms with van der Waals surface area (Å²) in [6.45, 7) is 4.76. The highest BCUT2D eigenvalue weighted by Gasteiger charge is 2.38. The van der Waals surface area contributed by atoms with E-state index >= 15 is 0 Å². The molecule has 2 fully saturated rings. The van der Waals surface area contributed by atoms with E-state index in [1.165, 1.54) is 10.9 Å². The summed E-state index contributed by atoms with van der Waals surface area (Å²) in [5, 5.41) is 1.21. The molecule has 1 aromatic heterocycles. The Labute approximate surface area is 159 Å². The molecule has 27 heavy (non-hydrogen) atoms. The third kappa shape index (κ3) is 3.04. The van der Waals surface area contributed by atoms with E-state index in [1.54, 1.807) is 0 Å². The average molecular weight is 362 g/mol. The molecule has 1 amide bonds. The summed E-state index contributed by atoms with van der Waals surface area (Å²) in [7, 11) is 0. The van der Waals surface area contributed by atoms with Crippen molar-refractivity contribution in [1.29, 1.82) is 0 Å². The topological polar surface area (TPSA) is 71.6 Å². The van der Waals surface area contributed by atoms with Crippen LogP contribution < -0.4 is 5.73 Å². The Kier molecular flexibility index (Phi) is 4.01. The van der Waals surface area contributed by atoms with Gasteiger partial charge in [-0.25, -0.2) is 0 Å². The Morgan fingerprint density at radius 1 is 1.19 bits per heavy atom. The maximum absolute atomic E-state index is 12.9. The highest BCUT2D eigenvalue weighted by molar-refractivity contribution is 6.17. The smallest absolute Gasteiger partial charge is 0.225 e. The maximum Gasteiger partial charge on any atom is 0.225 e. The van der Waals surface area contributed by atoms with Crippen LogP contribution in [0.4, 0.5) is 0 Å². The zero-order valence-electron chi connectivity index (χ0n) is 15.8. The van der Waals surface area contributed by atoms with Gasteiger partial charge in [0.1, 0.15) is 0 Å². The van der Waals surface area contributed by atoms with Crippen molar-refractivity contribution in [3.05, 3.63) is 41.6 Å². The molecule has 2 atom stereocenters. The highest BCUT2D eigenvalue weighted by Crippen LogP contribution is 2.37. The molecule has 0 bridgehead atoms. The van der Waals surface area contributed by atoms with Gasteiger partial charge in [0.2, 0.25) is 5.91 Å². The van der Waals surface area contributed by atoms with Crippen LogP contribution >= 0.6 is 0 Å². The number of rotatable bonds is 3. The standard InChI is InChI=1S/C22H26N4O/c1-13-7-15(12-26(11-13)22(27)14-8-16(23)9-14)17-4-5-19(20-10-25-20)21-18(17)3-2-6-24-21/h2-6,13-16H,7-12,23H2,1H3/t13-,14?,15-,16?/m1/s1. The first-order chi connectivity index (χ1) is 13.1. The van der Waals surface area contributed by atoms with E-state index in [1.807, 2.05) is 12.3 Å². The van der Waals surface area contributed by atoms with Crippen LogP contribution in [0.5, 0.6) is 0 Å². The van der Waals surface area contributed by atoms with Crippen LogP contribution in [0.2, 0.25) is 0 Å². The summed E-state index contributed by atoms with van der Waals surface area (Å²) in [6, 6.07) is 8.80. The number of fused-ring (bicyclic) bond motifs is 1. The fourth-order valence-corrected chi connectivity index (χ4v) is 4.87. The number of aliphatic imine (C=N–C) groups is 1. The molecular weight excluding hydrogens is 336 g/mol. The molecule has 1 aliphatic carbocycles. The van der Waals surface area contributed by atoms with Gasteiger partial charge >= 0.3 is 0 Å². The van der Waals surface area contributed by atoms with Gasteiger partial charge in [0.25, 0.3) is 0 Å². The lowest BCUT2D eigenvalue weighted by molar-refractivity contribution is -0.140. The van der Waals surface area contributed by atoms with Crippen molar-refractivity contribution in [3.8, 4) is 0 Å². The third-order valence-corrected chi connectivity index (χ3v) is 6.37. The van der Waals surface area contributed by atoms with Crippen LogP contribution in [0.1, 0.15) is 43.2 Å². The fraction of sp³-hybridized carbons (Fsp3) is 0.500. The molecule has 1 aromatic carbocycles. The monoisotopic (exact) mass is 362 g/mol. The van der Waals surface area contributed by atoms with Crippen molar-refractivity contribution in [2.75, 3.05) is 19.6 Å². The molecule has 0 unspecified atom stereocenters. The van der Waals surface area contributed by atoms with Crippen molar-refractivity contribution in [2.24, 2.45) is 22.6 Å². The van der Waals surface area contributed by atoms with E-state index in [-0.39, 0.29) is 12.0 Å². The van der Waals surface area contributed by atoms with Crippen LogP contribution in [0.15, 0.2) is 35.5 Å². The van der Waals surface area contributed by atoms with E-state index in [9.17, 15) is 4.79 Å². The van der Waals surface area contributed by atoms with Crippen LogP contribution in [0.3, 0.4) is 0 Å². The summed E-state index contributed by atoms with van der Waals surface area (Å²) in [5.41, 5.74) is 10.6. The number of pyridine rings is 1. The predicted octanol–water partition coefficient (Wildman–Crippen LogP) is 2.73. The lowest BCUT2D eigenvalue weighted by Crippen LogP contribution is -2.50. The van der Waals surface area contributed by atoms with E-state index in [0.717, 1.165) is 55.7 Å².